The van der Waals surface area contributed by atoms with E-state index in [1.807, 2.05) is 4.90 Å². The first-order valence-electron chi connectivity index (χ1n) is 5.70. The van der Waals surface area contributed by atoms with Crippen LogP contribution in [0, 0.1) is 17.0 Å². The molecule has 0 aliphatic carbocycles. The zero-order valence-corrected chi connectivity index (χ0v) is 10.9. The molecular weight excluding hydrogens is 254 g/mol. The Morgan fingerprint density at radius 2 is 2.44 bits per heavy atom. The Balaban J connectivity index is 2.27. The summed E-state index contributed by atoms with van der Waals surface area (Å²) in [6.07, 6.45) is 0. The van der Waals surface area contributed by atoms with Crippen LogP contribution >= 0.6 is 11.8 Å². The van der Waals surface area contributed by atoms with Crippen LogP contribution in [0.25, 0.3) is 0 Å². The van der Waals surface area contributed by atoms with Gasteiger partial charge in [0.25, 0.3) is 5.69 Å². The third kappa shape index (κ3) is 2.56. The second kappa shape index (κ2) is 5.53. The topological polar surface area (TPSA) is 79.5 Å². The van der Waals surface area contributed by atoms with Crippen molar-refractivity contribution in [3.8, 4) is 0 Å². The van der Waals surface area contributed by atoms with Gasteiger partial charge in [-0.25, -0.2) is 4.98 Å². The van der Waals surface area contributed by atoms with Crippen LogP contribution in [0.2, 0.25) is 0 Å². The van der Waals surface area contributed by atoms with Gasteiger partial charge in [0.15, 0.2) is 0 Å². The summed E-state index contributed by atoms with van der Waals surface area (Å²) < 4.78 is 0. The molecule has 0 amide bonds. The second-order valence-corrected chi connectivity index (χ2v) is 5.29. The molecule has 1 N–H and O–H groups in total. The lowest BCUT2D eigenvalue weighted by molar-refractivity contribution is -0.385. The molecule has 1 aliphatic heterocycles. The molecule has 1 aromatic heterocycles. The second-order valence-electron chi connectivity index (χ2n) is 4.14. The number of aromatic nitrogens is 1. The number of aryl methyl sites for hydroxylation is 1. The number of nitrogens with zero attached hydrogens (tertiary/aromatic N) is 3. The number of hydrogen-bond acceptors (Lipinski definition) is 6. The molecule has 1 saturated heterocycles. The molecular formula is C11H15N3O3S. The van der Waals surface area contributed by atoms with Crippen LogP contribution < -0.4 is 4.90 Å². The molecule has 6 nitrogen and oxygen atoms in total. The minimum Gasteiger partial charge on any atom is -0.394 e. The number of rotatable bonds is 3. The molecule has 0 radical (unpaired) electrons. The highest BCUT2D eigenvalue weighted by Crippen LogP contribution is 2.25. The smallest absolute Gasteiger partial charge is 0.290 e. The maximum absolute atomic E-state index is 10.7. The average Bonchev–Trinajstić information content (AvgIpc) is 2.38. The maximum atomic E-state index is 10.7. The van der Waals surface area contributed by atoms with Gasteiger partial charge < -0.3 is 10.0 Å². The lowest BCUT2D eigenvalue weighted by Gasteiger charge is -2.35. The largest absolute Gasteiger partial charge is 0.394 e. The number of anilines is 1. The van der Waals surface area contributed by atoms with Crippen LogP contribution in [0.15, 0.2) is 12.1 Å². The maximum Gasteiger partial charge on any atom is 0.290 e. The van der Waals surface area contributed by atoms with Crippen molar-refractivity contribution < 1.29 is 10.0 Å². The van der Waals surface area contributed by atoms with Gasteiger partial charge in [-0.15, -0.1) is 0 Å². The quantitative estimate of drug-likeness (QED) is 0.656. The van der Waals surface area contributed by atoms with Crippen LogP contribution in [0.5, 0.6) is 0 Å². The summed E-state index contributed by atoms with van der Waals surface area (Å²) in [4.78, 5) is 16.6. The van der Waals surface area contributed by atoms with Crippen LogP contribution in [0.4, 0.5) is 11.5 Å². The molecule has 7 heteroatoms. The predicted octanol–water partition coefficient (Wildman–Crippen LogP) is 1.21. The Labute approximate surface area is 109 Å². The van der Waals surface area contributed by atoms with Gasteiger partial charge in [-0.2, -0.15) is 11.8 Å². The van der Waals surface area contributed by atoms with Crippen molar-refractivity contribution in [2.45, 2.75) is 13.0 Å². The summed E-state index contributed by atoms with van der Waals surface area (Å²) in [5, 5.41) is 20.1. The van der Waals surface area contributed by atoms with Crippen molar-refractivity contribution in [2.75, 3.05) is 29.6 Å². The van der Waals surface area contributed by atoms with Crippen molar-refractivity contribution in [1.29, 1.82) is 0 Å². The van der Waals surface area contributed by atoms with Gasteiger partial charge in [-0.1, -0.05) is 0 Å². The SMILES string of the molecule is Cc1nc(N2CCSC[C@@H]2CO)ccc1[N+](=O)[O-]. The summed E-state index contributed by atoms with van der Waals surface area (Å²) in [5.74, 6) is 2.54. The van der Waals surface area contributed by atoms with Gasteiger partial charge >= 0.3 is 0 Å². The summed E-state index contributed by atoms with van der Waals surface area (Å²) >= 11 is 1.80. The zero-order chi connectivity index (χ0) is 13.1. The fourth-order valence-electron chi connectivity index (χ4n) is 2.00. The van der Waals surface area contributed by atoms with E-state index in [0.717, 1.165) is 18.1 Å². The van der Waals surface area contributed by atoms with Crippen molar-refractivity contribution in [3.63, 3.8) is 0 Å². The molecule has 98 valence electrons. The molecule has 0 spiro atoms. The number of nitro groups is 1. The first kappa shape index (κ1) is 13.1. The van der Waals surface area contributed by atoms with Crippen LogP contribution in [0.1, 0.15) is 5.69 Å². The Hall–Kier alpha value is -1.34. The van der Waals surface area contributed by atoms with Crippen molar-refractivity contribution >= 4 is 23.3 Å². The van der Waals surface area contributed by atoms with E-state index < -0.39 is 4.92 Å². The summed E-state index contributed by atoms with van der Waals surface area (Å²) in [6, 6.07) is 3.18. The highest BCUT2D eigenvalue weighted by atomic mass is 32.2. The minimum absolute atomic E-state index is 0.0330. The summed E-state index contributed by atoms with van der Waals surface area (Å²) in [7, 11) is 0. The lowest BCUT2D eigenvalue weighted by Crippen LogP contribution is -2.45. The Bertz CT molecular complexity index is 455. The van der Waals surface area contributed by atoms with E-state index in [1.165, 1.54) is 6.07 Å². The summed E-state index contributed by atoms with van der Waals surface area (Å²) in [5.41, 5.74) is 0.443. The number of thioether (sulfide) groups is 1. The third-order valence-electron chi connectivity index (χ3n) is 2.97. The first-order valence-corrected chi connectivity index (χ1v) is 6.86. The Morgan fingerprint density at radius 3 is 3.06 bits per heavy atom. The normalized spacial score (nSPS) is 19.9. The monoisotopic (exact) mass is 269 g/mol. The van der Waals surface area contributed by atoms with Gasteiger partial charge in [0.2, 0.25) is 0 Å². The Morgan fingerprint density at radius 1 is 1.67 bits per heavy atom. The average molecular weight is 269 g/mol. The van der Waals surface area contributed by atoms with Gasteiger partial charge in [0, 0.05) is 24.1 Å². The van der Waals surface area contributed by atoms with Gasteiger partial charge in [-0.3, -0.25) is 10.1 Å². The molecule has 1 fully saturated rings. The molecule has 0 aromatic carbocycles. The molecule has 0 unspecified atom stereocenters. The van der Waals surface area contributed by atoms with Gasteiger partial charge in [-0.05, 0) is 13.0 Å². The highest BCUT2D eigenvalue weighted by molar-refractivity contribution is 7.99. The molecule has 1 aromatic rings. The van der Waals surface area contributed by atoms with E-state index in [1.54, 1.807) is 24.8 Å². The van der Waals surface area contributed by atoms with Crippen molar-refractivity contribution in [3.05, 3.63) is 27.9 Å². The van der Waals surface area contributed by atoms with E-state index in [-0.39, 0.29) is 18.3 Å². The number of aliphatic hydroxyl groups is 1. The number of hydrogen-bond donors (Lipinski definition) is 1. The first-order chi connectivity index (χ1) is 8.63. The molecule has 1 atom stereocenters. The standard InChI is InChI=1S/C11H15N3O3S/c1-8-10(14(16)17)2-3-11(12-8)13-4-5-18-7-9(13)6-15/h2-3,9,15H,4-7H2,1H3/t9-/m0/s1. The van der Waals surface area contributed by atoms with Crippen LogP contribution in [0.3, 0.4) is 0 Å². The minimum atomic E-state index is -0.429. The predicted molar refractivity (Wildman–Crippen MR) is 71.2 cm³/mol. The fourth-order valence-corrected chi connectivity index (χ4v) is 3.05. The summed E-state index contributed by atoms with van der Waals surface area (Å²) in [6.45, 7) is 2.51. The van der Waals surface area contributed by atoms with E-state index in [9.17, 15) is 15.2 Å². The van der Waals surface area contributed by atoms with Crippen LogP contribution in [-0.2, 0) is 0 Å². The highest BCUT2D eigenvalue weighted by Gasteiger charge is 2.24. The molecule has 0 saturated carbocycles. The van der Waals surface area contributed by atoms with E-state index >= 15 is 0 Å². The number of aliphatic hydroxyl groups excluding tert-OH is 1. The lowest BCUT2D eigenvalue weighted by atomic mass is 10.2. The molecule has 18 heavy (non-hydrogen) atoms. The van der Waals surface area contributed by atoms with Crippen molar-refractivity contribution in [1.82, 2.24) is 4.98 Å². The molecule has 0 bridgehead atoms. The van der Waals surface area contributed by atoms with Crippen molar-refractivity contribution in [2.24, 2.45) is 0 Å². The number of pyridine rings is 1. The van der Waals surface area contributed by atoms with Gasteiger partial charge in [0.1, 0.15) is 11.5 Å². The molecule has 1 aliphatic rings. The fraction of sp³-hybridized carbons (Fsp3) is 0.545. The third-order valence-corrected chi connectivity index (χ3v) is 4.06. The van der Waals surface area contributed by atoms with Crippen LogP contribution in [-0.4, -0.2) is 45.7 Å². The molecule has 2 heterocycles. The Kier molecular flexibility index (Phi) is 4.03. The molecule has 2 rings (SSSR count). The zero-order valence-electron chi connectivity index (χ0n) is 10.1. The van der Waals surface area contributed by atoms with E-state index in [4.69, 9.17) is 0 Å². The van der Waals surface area contributed by atoms with Gasteiger partial charge in [0.05, 0.1) is 17.6 Å². The van der Waals surface area contributed by atoms with E-state index in [2.05, 4.69) is 4.98 Å². The van der Waals surface area contributed by atoms with E-state index in [0.29, 0.717) is 11.5 Å².